The first-order chi connectivity index (χ1) is 8.95. The highest BCUT2D eigenvalue weighted by Crippen LogP contribution is 2.14. The Morgan fingerprint density at radius 2 is 1.58 bits per heavy atom. The fourth-order valence-corrected chi connectivity index (χ4v) is 2.07. The maximum atomic E-state index is 13.1. The van der Waals surface area contributed by atoms with E-state index in [1.54, 1.807) is 12.1 Å². The number of hydrogen-bond acceptors (Lipinski definition) is 1. The van der Waals surface area contributed by atoms with E-state index in [1.807, 2.05) is 19.9 Å². The third-order valence-electron chi connectivity index (χ3n) is 2.89. The van der Waals surface area contributed by atoms with E-state index in [2.05, 4.69) is 0 Å². The fraction of sp³-hybridized carbons (Fsp3) is 0.188. The number of carbonyl (C=O) groups excluding carboxylic acids is 1. The summed E-state index contributed by atoms with van der Waals surface area (Å²) in [5, 5.41) is 0. The standard InChI is InChI=1S/C16H14F2O/c1-10-5-11(2)7-13(6-10)16(19)9-12-3-4-14(17)15(18)8-12/h3-8H,9H2,1-2H3. The SMILES string of the molecule is Cc1cc(C)cc(C(=O)Cc2ccc(F)c(F)c2)c1. The van der Waals surface area contributed by atoms with Crippen LogP contribution in [0.25, 0.3) is 0 Å². The van der Waals surface area contributed by atoms with Gasteiger partial charge in [-0.25, -0.2) is 8.78 Å². The van der Waals surface area contributed by atoms with Crippen LogP contribution in [-0.4, -0.2) is 5.78 Å². The van der Waals surface area contributed by atoms with Crippen molar-refractivity contribution in [3.05, 3.63) is 70.3 Å². The Labute approximate surface area is 110 Å². The van der Waals surface area contributed by atoms with Crippen molar-refractivity contribution in [1.82, 2.24) is 0 Å². The number of carbonyl (C=O) groups is 1. The van der Waals surface area contributed by atoms with Gasteiger partial charge in [0.25, 0.3) is 0 Å². The van der Waals surface area contributed by atoms with Gasteiger partial charge in [0.15, 0.2) is 17.4 Å². The summed E-state index contributed by atoms with van der Waals surface area (Å²) in [6.07, 6.45) is 0.0695. The zero-order valence-corrected chi connectivity index (χ0v) is 10.8. The van der Waals surface area contributed by atoms with Gasteiger partial charge < -0.3 is 0 Å². The Morgan fingerprint density at radius 3 is 2.16 bits per heavy atom. The van der Waals surface area contributed by atoms with Crippen LogP contribution in [0, 0.1) is 25.5 Å². The summed E-state index contributed by atoms with van der Waals surface area (Å²) in [6.45, 7) is 3.84. The van der Waals surface area contributed by atoms with Crippen LogP contribution in [0.15, 0.2) is 36.4 Å². The first kappa shape index (κ1) is 13.4. The van der Waals surface area contributed by atoms with Crippen molar-refractivity contribution in [2.75, 3.05) is 0 Å². The average molecular weight is 260 g/mol. The number of halogens is 2. The molecule has 0 saturated heterocycles. The van der Waals surface area contributed by atoms with E-state index in [0.29, 0.717) is 11.1 Å². The van der Waals surface area contributed by atoms with E-state index in [-0.39, 0.29) is 12.2 Å². The molecule has 0 atom stereocenters. The molecule has 98 valence electrons. The maximum Gasteiger partial charge on any atom is 0.167 e. The minimum Gasteiger partial charge on any atom is -0.294 e. The Bertz CT molecular complexity index is 612. The molecule has 19 heavy (non-hydrogen) atoms. The predicted molar refractivity (Wildman–Crippen MR) is 70.3 cm³/mol. The first-order valence-electron chi connectivity index (χ1n) is 6.01. The molecule has 0 aliphatic heterocycles. The van der Waals surface area contributed by atoms with Gasteiger partial charge in [-0.05, 0) is 43.7 Å². The normalized spacial score (nSPS) is 10.5. The second-order valence-corrected chi connectivity index (χ2v) is 4.72. The van der Waals surface area contributed by atoms with Crippen molar-refractivity contribution in [2.24, 2.45) is 0 Å². The van der Waals surface area contributed by atoms with Gasteiger partial charge >= 0.3 is 0 Å². The summed E-state index contributed by atoms with van der Waals surface area (Å²) in [5.41, 5.74) is 3.09. The van der Waals surface area contributed by atoms with Gasteiger partial charge in [0.05, 0.1) is 0 Å². The topological polar surface area (TPSA) is 17.1 Å². The van der Waals surface area contributed by atoms with Gasteiger partial charge in [-0.1, -0.05) is 23.3 Å². The molecule has 2 rings (SSSR count). The number of hydrogen-bond donors (Lipinski definition) is 0. The van der Waals surface area contributed by atoms with E-state index in [4.69, 9.17) is 0 Å². The van der Waals surface area contributed by atoms with Gasteiger partial charge in [0.1, 0.15) is 0 Å². The summed E-state index contributed by atoms with van der Waals surface area (Å²) < 4.78 is 25.9. The summed E-state index contributed by atoms with van der Waals surface area (Å²) in [4.78, 5) is 12.1. The van der Waals surface area contributed by atoms with Crippen LogP contribution in [0.3, 0.4) is 0 Å². The lowest BCUT2D eigenvalue weighted by atomic mass is 9.99. The Balaban J connectivity index is 2.22. The van der Waals surface area contributed by atoms with Crippen molar-refractivity contribution < 1.29 is 13.6 Å². The van der Waals surface area contributed by atoms with E-state index in [1.165, 1.54) is 6.07 Å². The summed E-state index contributed by atoms with van der Waals surface area (Å²) in [7, 11) is 0. The van der Waals surface area contributed by atoms with E-state index >= 15 is 0 Å². The summed E-state index contributed by atoms with van der Waals surface area (Å²) >= 11 is 0. The van der Waals surface area contributed by atoms with Crippen LogP contribution < -0.4 is 0 Å². The zero-order chi connectivity index (χ0) is 14.0. The fourth-order valence-electron chi connectivity index (χ4n) is 2.07. The number of benzene rings is 2. The lowest BCUT2D eigenvalue weighted by Gasteiger charge is -2.05. The number of rotatable bonds is 3. The lowest BCUT2D eigenvalue weighted by molar-refractivity contribution is 0.0992. The van der Waals surface area contributed by atoms with Crippen molar-refractivity contribution in [3.63, 3.8) is 0 Å². The summed E-state index contributed by atoms with van der Waals surface area (Å²) in [5.74, 6) is -1.92. The number of ketones is 1. The maximum absolute atomic E-state index is 13.1. The molecule has 0 spiro atoms. The molecule has 0 radical (unpaired) electrons. The van der Waals surface area contributed by atoms with Crippen LogP contribution in [0.4, 0.5) is 8.78 Å². The molecule has 0 fully saturated rings. The van der Waals surface area contributed by atoms with Crippen LogP contribution in [-0.2, 0) is 6.42 Å². The molecule has 0 aliphatic carbocycles. The summed E-state index contributed by atoms with van der Waals surface area (Å²) in [6, 6.07) is 9.12. The van der Waals surface area contributed by atoms with Gasteiger partial charge in [-0.15, -0.1) is 0 Å². The number of aryl methyl sites for hydroxylation is 2. The van der Waals surface area contributed by atoms with Gasteiger partial charge in [-0.3, -0.25) is 4.79 Å². The predicted octanol–water partition coefficient (Wildman–Crippen LogP) is 4.01. The zero-order valence-electron chi connectivity index (χ0n) is 10.8. The van der Waals surface area contributed by atoms with E-state index < -0.39 is 11.6 Å². The van der Waals surface area contributed by atoms with E-state index in [0.717, 1.165) is 23.3 Å². The smallest absolute Gasteiger partial charge is 0.167 e. The molecule has 2 aromatic rings. The van der Waals surface area contributed by atoms with Gasteiger partial charge in [0.2, 0.25) is 0 Å². The molecule has 0 N–H and O–H groups in total. The molecular weight excluding hydrogens is 246 g/mol. The Morgan fingerprint density at radius 1 is 0.947 bits per heavy atom. The molecule has 0 heterocycles. The molecule has 0 aliphatic rings. The van der Waals surface area contributed by atoms with Crippen LogP contribution in [0.5, 0.6) is 0 Å². The second-order valence-electron chi connectivity index (χ2n) is 4.72. The molecule has 0 amide bonds. The highest BCUT2D eigenvalue weighted by atomic mass is 19.2. The molecule has 1 nitrogen and oxygen atoms in total. The van der Waals surface area contributed by atoms with E-state index in [9.17, 15) is 13.6 Å². The number of Topliss-reactive ketones (excluding diaryl/α,β-unsaturated/α-hetero) is 1. The van der Waals surface area contributed by atoms with Crippen molar-refractivity contribution in [1.29, 1.82) is 0 Å². The molecule has 0 bridgehead atoms. The van der Waals surface area contributed by atoms with Gasteiger partial charge in [0, 0.05) is 12.0 Å². The van der Waals surface area contributed by atoms with Crippen molar-refractivity contribution >= 4 is 5.78 Å². The first-order valence-corrected chi connectivity index (χ1v) is 6.01. The highest BCUT2D eigenvalue weighted by molar-refractivity contribution is 5.97. The van der Waals surface area contributed by atoms with Crippen LogP contribution >= 0.6 is 0 Å². The van der Waals surface area contributed by atoms with Crippen molar-refractivity contribution in [3.8, 4) is 0 Å². The minimum absolute atomic E-state index is 0.0695. The third kappa shape index (κ3) is 3.25. The third-order valence-corrected chi connectivity index (χ3v) is 2.89. The quantitative estimate of drug-likeness (QED) is 0.762. The largest absolute Gasteiger partial charge is 0.294 e. The van der Waals surface area contributed by atoms with Crippen LogP contribution in [0.2, 0.25) is 0 Å². The molecular formula is C16H14F2O. The molecule has 0 saturated carbocycles. The Hall–Kier alpha value is -2.03. The second kappa shape index (κ2) is 5.31. The lowest BCUT2D eigenvalue weighted by Crippen LogP contribution is -2.05. The Kier molecular flexibility index (Phi) is 3.74. The van der Waals surface area contributed by atoms with Gasteiger partial charge in [-0.2, -0.15) is 0 Å². The molecule has 2 aromatic carbocycles. The van der Waals surface area contributed by atoms with Crippen LogP contribution in [0.1, 0.15) is 27.0 Å². The average Bonchev–Trinajstić information content (AvgIpc) is 2.32. The molecule has 0 unspecified atom stereocenters. The monoisotopic (exact) mass is 260 g/mol. The highest BCUT2D eigenvalue weighted by Gasteiger charge is 2.10. The van der Waals surface area contributed by atoms with Crippen molar-refractivity contribution in [2.45, 2.75) is 20.3 Å². The molecule has 0 aromatic heterocycles. The molecule has 3 heteroatoms. The minimum atomic E-state index is -0.925.